The zero-order valence-electron chi connectivity index (χ0n) is 20.1. The van der Waals surface area contributed by atoms with Crippen LogP contribution in [-0.2, 0) is 11.3 Å². The van der Waals surface area contributed by atoms with Gasteiger partial charge in [0.2, 0.25) is 5.91 Å². The first-order valence-corrected chi connectivity index (χ1v) is 12.6. The molecule has 10 heteroatoms. The largest absolute Gasteiger partial charge is 0.380 e. The van der Waals surface area contributed by atoms with Gasteiger partial charge in [0.05, 0.1) is 23.0 Å². The van der Waals surface area contributed by atoms with Crippen molar-refractivity contribution in [3.8, 4) is 0 Å². The molecule has 4 aliphatic rings. The van der Waals surface area contributed by atoms with Crippen LogP contribution in [0.25, 0.3) is 0 Å². The van der Waals surface area contributed by atoms with Crippen molar-refractivity contribution in [1.29, 1.82) is 0 Å². The van der Waals surface area contributed by atoms with Gasteiger partial charge in [-0.05, 0) is 70.1 Å². The second-order valence-corrected chi connectivity index (χ2v) is 11.3. The van der Waals surface area contributed by atoms with Crippen molar-refractivity contribution in [3.63, 3.8) is 0 Å². The highest BCUT2D eigenvalue weighted by Crippen LogP contribution is 2.61. The number of aromatic nitrogens is 2. The van der Waals surface area contributed by atoms with E-state index in [1.807, 2.05) is 0 Å². The second-order valence-electron chi connectivity index (χ2n) is 10.5. The highest BCUT2D eigenvalue weighted by atomic mass is 79.9. The molecule has 35 heavy (non-hydrogen) atoms. The van der Waals surface area contributed by atoms with E-state index in [9.17, 15) is 19.2 Å². The Morgan fingerprint density at radius 1 is 1.17 bits per heavy atom. The maximum atomic E-state index is 12.9. The van der Waals surface area contributed by atoms with E-state index in [0.717, 1.165) is 16.0 Å². The highest BCUT2D eigenvalue weighted by molar-refractivity contribution is 9.10. The first-order valence-electron chi connectivity index (χ1n) is 11.8. The Hall–Kier alpha value is -3.01. The predicted octanol–water partition coefficient (Wildman–Crippen LogP) is 3.35. The molecule has 0 spiro atoms. The van der Waals surface area contributed by atoms with Gasteiger partial charge in [-0.2, -0.15) is 5.10 Å². The Kier molecular flexibility index (Phi) is 5.62. The monoisotopic (exact) mass is 541 g/mol. The average molecular weight is 542 g/mol. The standard InChI is InChI=1S/C25H28BrN5O4/c1-12-17-7-13(25(17,2)3)8-18(12)29-19-10-27-31(24(35)21(19)26)11-20(32)28-14-5-6-15-16(9-14)23(34)30(4)22(15)33/h5-6,9-10,12-13,17-18,29H,7-8,11H2,1-4H3,(H,28,32)/t12-,13+,17-,18-/m1/s1. The van der Waals surface area contributed by atoms with Gasteiger partial charge in [0, 0.05) is 18.8 Å². The van der Waals surface area contributed by atoms with E-state index in [0.29, 0.717) is 44.6 Å². The number of carbonyl (C=O) groups is 3. The molecule has 3 saturated carbocycles. The number of imide groups is 1. The van der Waals surface area contributed by atoms with Crippen molar-refractivity contribution in [3.05, 3.63) is 50.3 Å². The molecule has 0 unspecified atom stereocenters. The molecule has 2 bridgehead atoms. The summed E-state index contributed by atoms with van der Waals surface area (Å²) in [6.07, 6.45) is 3.91. The fourth-order valence-electron chi connectivity index (χ4n) is 5.99. The van der Waals surface area contributed by atoms with Crippen LogP contribution in [0.15, 0.2) is 33.7 Å². The van der Waals surface area contributed by atoms with Crippen molar-refractivity contribution < 1.29 is 14.4 Å². The normalized spacial score (nSPS) is 26.3. The zero-order chi connectivity index (χ0) is 25.2. The van der Waals surface area contributed by atoms with E-state index in [2.05, 4.69) is 52.4 Å². The fourth-order valence-corrected chi connectivity index (χ4v) is 6.42. The Morgan fingerprint density at radius 2 is 1.89 bits per heavy atom. The quantitative estimate of drug-likeness (QED) is 0.561. The van der Waals surface area contributed by atoms with E-state index < -0.39 is 17.4 Å². The maximum Gasteiger partial charge on any atom is 0.283 e. The molecule has 2 aromatic rings. The number of anilines is 2. The molecule has 2 heterocycles. The summed E-state index contributed by atoms with van der Waals surface area (Å²) in [5.74, 6) is 0.581. The number of rotatable bonds is 5. The Bertz CT molecular complexity index is 1320. The summed E-state index contributed by atoms with van der Waals surface area (Å²) in [6.45, 7) is 6.67. The molecule has 3 amide bonds. The van der Waals surface area contributed by atoms with E-state index in [-0.39, 0.29) is 24.1 Å². The molecule has 1 aliphatic heterocycles. The molecule has 184 valence electrons. The van der Waals surface area contributed by atoms with Gasteiger partial charge in [-0.3, -0.25) is 24.1 Å². The van der Waals surface area contributed by atoms with Gasteiger partial charge in [-0.15, -0.1) is 0 Å². The minimum atomic E-state index is -0.472. The molecule has 0 saturated heterocycles. The summed E-state index contributed by atoms with van der Waals surface area (Å²) in [4.78, 5) is 50.7. The first kappa shape index (κ1) is 23.7. The van der Waals surface area contributed by atoms with E-state index in [4.69, 9.17) is 0 Å². The summed E-state index contributed by atoms with van der Waals surface area (Å²) >= 11 is 3.39. The van der Waals surface area contributed by atoms with Crippen molar-refractivity contribution in [2.75, 3.05) is 17.7 Å². The lowest BCUT2D eigenvalue weighted by molar-refractivity contribution is -0.117. The minimum absolute atomic E-state index is 0.238. The lowest BCUT2D eigenvalue weighted by Gasteiger charge is -2.62. The van der Waals surface area contributed by atoms with Gasteiger partial charge in [0.15, 0.2) is 0 Å². The number of nitrogens with one attached hydrogen (secondary N) is 2. The van der Waals surface area contributed by atoms with E-state index in [1.54, 1.807) is 12.3 Å². The third-order valence-corrected chi connectivity index (χ3v) is 9.11. The molecule has 1 aromatic heterocycles. The smallest absolute Gasteiger partial charge is 0.283 e. The van der Waals surface area contributed by atoms with Crippen LogP contribution in [0.2, 0.25) is 0 Å². The van der Waals surface area contributed by atoms with Crippen molar-refractivity contribution in [2.24, 2.45) is 23.2 Å². The molecule has 1 aromatic carbocycles. The van der Waals surface area contributed by atoms with Crippen LogP contribution in [0.1, 0.15) is 54.3 Å². The Morgan fingerprint density at radius 3 is 2.57 bits per heavy atom. The number of hydrogen-bond donors (Lipinski definition) is 2. The zero-order valence-corrected chi connectivity index (χ0v) is 21.7. The number of hydrogen-bond acceptors (Lipinski definition) is 6. The van der Waals surface area contributed by atoms with Crippen molar-refractivity contribution >= 4 is 45.0 Å². The topological polar surface area (TPSA) is 113 Å². The first-order chi connectivity index (χ1) is 16.5. The molecular formula is C25H28BrN5O4. The van der Waals surface area contributed by atoms with Crippen molar-refractivity contribution in [1.82, 2.24) is 14.7 Å². The maximum absolute atomic E-state index is 12.9. The van der Waals surface area contributed by atoms with E-state index >= 15 is 0 Å². The van der Waals surface area contributed by atoms with Crippen LogP contribution in [0.3, 0.4) is 0 Å². The number of halogens is 1. The van der Waals surface area contributed by atoms with Gasteiger partial charge < -0.3 is 10.6 Å². The highest BCUT2D eigenvalue weighted by Gasteiger charge is 2.56. The van der Waals surface area contributed by atoms with Gasteiger partial charge in [-0.1, -0.05) is 20.8 Å². The second kappa shape index (κ2) is 8.29. The van der Waals surface area contributed by atoms with Crippen LogP contribution < -0.4 is 16.2 Å². The molecule has 6 rings (SSSR count). The summed E-state index contributed by atoms with van der Waals surface area (Å²) in [7, 11) is 1.41. The summed E-state index contributed by atoms with van der Waals surface area (Å²) in [5.41, 5.74) is 1.50. The van der Waals surface area contributed by atoms with Crippen molar-refractivity contribution in [2.45, 2.75) is 46.2 Å². The van der Waals surface area contributed by atoms with Crippen LogP contribution in [0, 0.1) is 23.2 Å². The Balaban J connectivity index is 1.26. The molecule has 4 atom stereocenters. The fraction of sp³-hybridized carbons (Fsp3) is 0.480. The molecule has 9 nitrogen and oxygen atoms in total. The lowest BCUT2D eigenvalue weighted by Crippen LogP contribution is -2.58. The summed E-state index contributed by atoms with van der Waals surface area (Å²) < 4.78 is 1.43. The van der Waals surface area contributed by atoms with E-state index in [1.165, 1.54) is 25.6 Å². The van der Waals surface area contributed by atoms with Crippen LogP contribution in [-0.4, -0.2) is 45.5 Å². The minimum Gasteiger partial charge on any atom is -0.380 e. The molecule has 2 N–H and O–H groups in total. The number of carbonyl (C=O) groups excluding carboxylic acids is 3. The molecule has 0 radical (unpaired) electrons. The summed E-state index contributed by atoms with van der Waals surface area (Å²) in [5, 5.41) is 10.4. The van der Waals surface area contributed by atoms with Crippen LogP contribution in [0.4, 0.5) is 11.4 Å². The lowest BCUT2D eigenvalue weighted by atomic mass is 9.45. The van der Waals surface area contributed by atoms with Crippen LogP contribution >= 0.6 is 15.9 Å². The molecular weight excluding hydrogens is 514 g/mol. The molecule has 3 fully saturated rings. The molecule has 3 aliphatic carbocycles. The number of benzene rings is 1. The van der Waals surface area contributed by atoms with Gasteiger partial charge in [0.25, 0.3) is 17.4 Å². The van der Waals surface area contributed by atoms with Gasteiger partial charge in [0.1, 0.15) is 11.0 Å². The number of nitrogens with zero attached hydrogens (tertiary/aromatic N) is 3. The third-order valence-electron chi connectivity index (χ3n) is 8.35. The van der Waals surface area contributed by atoms with Crippen LogP contribution in [0.5, 0.6) is 0 Å². The summed E-state index contributed by atoms with van der Waals surface area (Å²) in [6, 6.07) is 4.80. The predicted molar refractivity (Wildman–Crippen MR) is 134 cm³/mol. The van der Waals surface area contributed by atoms with Gasteiger partial charge >= 0.3 is 0 Å². The number of amides is 3. The average Bonchev–Trinajstić information content (AvgIpc) is 3.03. The SMILES string of the molecule is C[C@@H]1[C@H]2C[C@@H](C[C@H]1Nc1cnn(CC(=O)Nc3ccc4c(c3)C(=O)N(C)C4=O)c(=O)c1Br)C2(C)C. The van der Waals surface area contributed by atoms with Gasteiger partial charge in [-0.25, -0.2) is 4.68 Å². The third kappa shape index (κ3) is 3.78. The number of fused-ring (bicyclic) bond motifs is 3. The Labute approximate surface area is 211 Å².